The first-order valence-corrected chi connectivity index (χ1v) is 13.1. The number of hydrogen-bond acceptors (Lipinski definition) is 7. The maximum atomic E-state index is 12.0. The minimum absolute atomic E-state index is 0.0729. The second-order valence-electron chi connectivity index (χ2n) is 9.15. The minimum atomic E-state index is -3.48. The Balaban J connectivity index is 1.17. The number of nitrogens with zero attached hydrogens (tertiary/aromatic N) is 3. The van der Waals surface area contributed by atoms with Gasteiger partial charge in [-0.15, -0.1) is 0 Å². The van der Waals surface area contributed by atoms with Crippen LogP contribution in [0, 0.1) is 11.8 Å². The normalized spacial score (nSPS) is 24.5. The molecule has 1 aromatic rings. The molecule has 3 heterocycles. The Morgan fingerprint density at radius 1 is 1.16 bits per heavy atom. The van der Waals surface area contributed by atoms with Crippen LogP contribution in [0.3, 0.4) is 0 Å². The first-order valence-electron chi connectivity index (χ1n) is 11.5. The van der Waals surface area contributed by atoms with Crippen LogP contribution in [0.2, 0.25) is 0 Å². The van der Waals surface area contributed by atoms with Gasteiger partial charge in [0.1, 0.15) is 11.6 Å². The number of carbonyl (C=O) groups excluding carboxylic acids is 1. The van der Waals surface area contributed by atoms with E-state index in [0.717, 1.165) is 83.0 Å². The smallest absolute Gasteiger partial charge is 0.235 e. The van der Waals surface area contributed by atoms with E-state index in [1.807, 2.05) is 12.3 Å². The van der Waals surface area contributed by atoms with Gasteiger partial charge in [-0.25, -0.2) is 13.4 Å². The Hall–Kier alpha value is -1.87. The van der Waals surface area contributed by atoms with Crippen LogP contribution in [0.15, 0.2) is 12.3 Å². The van der Waals surface area contributed by atoms with Crippen molar-refractivity contribution < 1.29 is 17.9 Å². The number of amides is 1. The van der Waals surface area contributed by atoms with E-state index in [9.17, 15) is 13.2 Å². The molecule has 0 bridgehead atoms. The van der Waals surface area contributed by atoms with Crippen LogP contribution < -0.4 is 14.4 Å². The van der Waals surface area contributed by atoms with Gasteiger partial charge in [0, 0.05) is 51.3 Å². The maximum Gasteiger partial charge on any atom is 0.235 e. The van der Waals surface area contributed by atoms with Crippen LogP contribution in [0.25, 0.3) is 0 Å². The number of hydrogen-bond donors (Lipinski definition) is 1. The molecule has 1 saturated carbocycles. The van der Waals surface area contributed by atoms with Gasteiger partial charge in [0.2, 0.25) is 15.9 Å². The first-order chi connectivity index (χ1) is 14.9. The highest BCUT2D eigenvalue weighted by molar-refractivity contribution is 7.90. The highest BCUT2D eigenvalue weighted by atomic mass is 32.2. The molecule has 31 heavy (non-hydrogen) atoms. The lowest BCUT2D eigenvalue weighted by atomic mass is 9.81. The lowest BCUT2D eigenvalue weighted by Crippen LogP contribution is -2.47. The molecule has 0 unspecified atom stereocenters. The average molecular weight is 451 g/mol. The summed E-state index contributed by atoms with van der Waals surface area (Å²) in [5.41, 5.74) is 1.26. The number of pyridine rings is 1. The van der Waals surface area contributed by atoms with Crippen molar-refractivity contribution in [3.8, 4) is 5.75 Å². The fourth-order valence-corrected chi connectivity index (χ4v) is 6.65. The molecule has 3 aliphatic rings. The van der Waals surface area contributed by atoms with Crippen LogP contribution in [0.1, 0.15) is 44.6 Å². The molecule has 1 aliphatic carbocycles. The molecule has 0 radical (unpaired) electrons. The zero-order chi connectivity index (χ0) is 21.8. The summed E-state index contributed by atoms with van der Waals surface area (Å²) in [6.07, 6.45) is 8.02. The molecule has 1 aromatic heterocycles. The van der Waals surface area contributed by atoms with Gasteiger partial charge in [-0.3, -0.25) is 14.4 Å². The molecule has 1 N–H and O–H groups in total. The van der Waals surface area contributed by atoms with Gasteiger partial charge < -0.3 is 9.64 Å². The zero-order valence-corrected chi connectivity index (χ0v) is 19.2. The Morgan fingerprint density at radius 2 is 1.87 bits per heavy atom. The summed E-state index contributed by atoms with van der Waals surface area (Å²) in [6.45, 7) is 7.21. The summed E-state index contributed by atoms with van der Waals surface area (Å²) < 4.78 is 31.7. The van der Waals surface area contributed by atoms with Crippen LogP contribution in [0.4, 0.5) is 5.82 Å². The van der Waals surface area contributed by atoms with Gasteiger partial charge in [-0.1, -0.05) is 12.8 Å². The molecular formula is C22H34N4O4S. The SMILES string of the molecule is CC(=O)NS(=O)(=O)CC1CCC(CCN2CCN(c3nccc4c3CCO4)CC2)CC1. The van der Waals surface area contributed by atoms with Crippen molar-refractivity contribution in [1.29, 1.82) is 0 Å². The van der Waals surface area contributed by atoms with Crippen LogP contribution in [-0.2, 0) is 21.2 Å². The van der Waals surface area contributed by atoms with Crippen molar-refractivity contribution >= 4 is 21.7 Å². The molecule has 1 amide bonds. The summed E-state index contributed by atoms with van der Waals surface area (Å²) >= 11 is 0. The van der Waals surface area contributed by atoms with E-state index in [1.165, 1.54) is 18.9 Å². The zero-order valence-electron chi connectivity index (χ0n) is 18.4. The molecule has 9 heteroatoms. The maximum absolute atomic E-state index is 12.0. The Bertz CT molecular complexity index is 875. The third kappa shape index (κ3) is 5.88. The van der Waals surface area contributed by atoms with Gasteiger partial charge >= 0.3 is 0 Å². The molecule has 4 rings (SSSR count). The van der Waals surface area contributed by atoms with Crippen molar-refractivity contribution in [3.63, 3.8) is 0 Å². The number of anilines is 1. The molecule has 2 aliphatic heterocycles. The number of rotatable bonds is 7. The Morgan fingerprint density at radius 3 is 2.58 bits per heavy atom. The average Bonchev–Trinajstić information content (AvgIpc) is 3.21. The highest BCUT2D eigenvalue weighted by Crippen LogP contribution is 2.33. The second kappa shape index (κ2) is 9.73. The van der Waals surface area contributed by atoms with E-state index in [0.29, 0.717) is 5.92 Å². The van der Waals surface area contributed by atoms with Crippen molar-refractivity contribution in [2.24, 2.45) is 11.8 Å². The summed E-state index contributed by atoms with van der Waals surface area (Å²) in [5.74, 6) is 2.50. The first kappa shape index (κ1) is 22.3. The minimum Gasteiger partial charge on any atom is -0.493 e. The predicted molar refractivity (Wildman–Crippen MR) is 120 cm³/mol. The Labute approximate surface area is 185 Å². The Kier molecular flexibility index (Phi) is 7.01. The van der Waals surface area contributed by atoms with Gasteiger partial charge in [-0.2, -0.15) is 0 Å². The van der Waals surface area contributed by atoms with Crippen LogP contribution >= 0.6 is 0 Å². The highest BCUT2D eigenvalue weighted by Gasteiger charge is 2.28. The van der Waals surface area contributed by atoms with Gasteiger partial charge in [-0.05, 0) is 43.7 Å². The molecular weight excluding hydrogens is 416 g/mol. The largest absolute Gasteiger partial charge is 0.493 e. The third-order valence-electron chi connectivity index (χ3n) is 6.85. The summed E-state index contributed by atoms with van der Waals surface area (Å²) in [5, 5.41) is 0. The number of nitrogens with one attached hydrogen (secondary N) is 1. The van der Waals surface area contributed by atoms with E-state index in [1.54, 1.807) is 0 Å². The number of sulfonamides is 1. The van der Waals surface area contributed by atoms with E-state index < -0.39 is 15.9 Å². The van der Waals surface area contributed by atoms with E-state index in [4.69, 9.17) is 4.74 Å². The number of ether oxygens (including phenoxy) is 1. The molecule has 1 saturated heterocycles. The lowest BCUT2D eigenvalue weighted by Gasteiger charge is -2.37. The fourth-order valence-electron chi connectivity index (χ4n) is 5.18. The number of fused-ring (bicyclic) bond motifs is 1. The van der Waals surface area contributed by atoms with Crippen molar-refractivity contribution in [2.45, 2.75) is 45.4 Å². The summed E-state index contributed by atoms with van der Waals surface area (Å²) in [6, 6.07) is 1.96. The van der Waals surface area contributed by atoms with E-state index >= 15 is 0 Å². The van der Waals surface area contributed by atoms with Crippen LogP contribution in [0.5, 0.6) is 5.75 Å². The number of aromatic nitrogens is 1. The van der Waals surface area contributed by atoms with Gasteiger partial charge in [0.15, 0.2) is 0 Å². The van der Waals surface area contributed by atoms with Gasteiger partial charge in [0.05, 0.1) is 12.4 Å². The quantitative estimate of drug-likeness (QED) is 0.677. The van der Waals surface area contributed by atoms with Crippen molar-refractivity contribution in [2.75, 3.05) is 50.0 Å². The number of piperazine rings is 1. The fraction of sp³-hybridized carbons (Fsp3) is 0.727. The monoisotopic (exact) mass is 450 g/mol. The van der Waals surface area contributed by atoms with Crippen LogP contribution in [-0.4, -0.2) is 69.3 Å². The summed E-state index contributed by atoms with van der Waals surface area (Å²) in [4.78, 5) is 20.6. The lowest BCUT2D eigenvalue weighted by molar-refractivity contribution is -0.117. The number of carbonyl (C=O) groups is 1. The summed E-state index contributed by atoms with van der Waals surface area (Å²) in [7, 11) is -3.48. The van der Waals surface area contributed by atoms with Crippen molar-refractivity contribution in [3.05, 3.63) is 17.8 Å². The van der Waals surface area contributed by atoms with E-state index in [-0.39, 0.29) is 11.7 Å². The molecule has 0 atom stereocenters. The van der Waals surface area contributed by atoms with E-state index in [2.05, 4.69) is 19.5 Å². The molecule has 0 aromatic carbocycles. The predicted octanol–water partition coefficient (Wildman–Crippen LogP) is 1.80. The molecule has 2 fully saturated rings. The molecule has 0 spiro atoms. The topological polar surface area (TPSA) is 91.8 Å². The van der Waals surface area contributed by atoms with Crippen molar-refractivity contribution in [1.82, 2.24) is 14.6 Å². The third-order valence-corrected chi connectivity index (χ3v) is 8.35. The van der Waals surface area contributed by atoms with Gasteiger partial charge in [0.25, 0.3) is 0 Å². The second-order valence-corrected chi connectivity index (χ2v) is 10.9. The standard InChI is InChI=1S/C22H34N4O4S/c1-17(27)24-31(28,29)16-19-4-2-18(3-5-19)7-10-25-11-13-26(14-12-25)22-20-8-15-30-21(20)6-9-23-22/h6,9,18-19H,2-5,7-8,10-16H2,1H3,(H,24,27). The molecule has 172 valence electrons. The molecule has 8 nitrogen and oxygen atoms in total.